The highest BCUT2D eigenvalue weighted by Crippen LogP contribution is 2.48. The monoisotopic (exact) mass is 503 g/mol. The molecule has 1 aromatic carbocycles. The molecule has 1 amide bonds. The fraction of sp³-hybridized carbons (Fsp3) is 0.593. The lowest BCUT2D eigenvalue weighted by Crippen LogP contribution is -2.81. The number of ketones is 1. The van der Waals surface area contributed by atoms with E-state index >= 15 is 0 Å². The number of benzene rings is 1. The third kappa shape index (κ3) is 5.94. The van der Waals surface area contributed by atoms with E-state index in [1.165, 1.54) is 0 Å². The van der Waals surface area contributed by atoms with Crippen LogP contribution in [0.3, 0.4) is 0 Å². The second kappa shape index (κ2) is 9.67. The lowest BCUT2D eigenvalue weighted by Gasteiger charge is -2.55. The van der Waals surface area contributed by atoms with E-state index in [1.807, 2.05) is 0 Å². The summed E-state index contributed by atoms with van der Waals surface area (Å²) in [5.74, 6) is -6.53. The maximum absolute atomic E-state index is 13.8. The fourth-order valence-corrected chi connectivity index (χ4v) is 3.97. The van der Waals surface area contributed by atoms with Crippen LogP contribution < -0.4 is 0 Å². The van der Waals surface area contributed by atoms with E-state index in [-0.39, 0.29) is 0 Å². The van der Waals surface area contributed by atoms with Crippen LogP contribution in [-0.4, -0.2) is 56.8 Å². The average molecular weight is 504 g/mol. The minimum absolute atomic E-state index is 0.290. The lowest BCUT2D eigenvalue weighted by atomic mass is 9.68. The number of likely N-dealkylation sites (tertiary alicyclic amines) is 1. The van der Waals surface area contributed by atoms with Gasteiger partial charge in [-0.25, -0.2) is 14.4 Å². The Morgan fingerprint density at radius 2 is 1.19 bits per heavy atom. The highest BCUT2D eigenvalue weighted by Gasteiger charge is 2.76. The summed E-state index contributed by atoms with van der Waals surface area (Å²) in [5, 5.41) is 0. The minimum Gasteiger partial charge on any atom is -0.458 e. The van der Waals surface area contributed by atoms with E-state index in [0.717, 1.165) is 11.8 Å². The van der Waals surface area contributed by atoms with Crippen molar-refractivity contribution in [1.29, 1.82) is 0 Å². The molecule has 1 aliphatic heterocycles. The molecular weight excluding hydrogens is 466 g/mol. The molecule has 1 fully saturated rings. The molecule has 0 unspecified atom stereocenters. The van der Waals surface area contributed by atoms with Crippen LogP contribution >= 0.6 is 0 Å². The molecule has 0 aliphatic carbocycles. The largest absolute Gasteiger partial charge is 0.458 e. The van der Waals surface area contributed by atoms with Gasteiger partial charge in [-0.2, -0.15) is 0 Å². The molecule has 0 aromatic heterocycles. The van der Waals surface area contributed by atoms with Crippen molar-refractivity contribution in [1.82, 2.24) is 4.90 Å². The second-order valence-corrected chi connectivity index (χ2v) is 11.9. The van der Waals surface area contributed by atoms with Crippen LogP contribution in [0.4, 0.5) is 0 Å². The van der Waals surface area contributed by atoms with E-state index in [0.29, 0.717) is 5.56 Å². The molecule has 0 N–H and O–H groups in total. The zero-order chi connectivity index (χ0) is 27.9. The number of hydrogen-bond donors (Lipinski definition) is 0. The fourth-order valence-electron chi connectivity index (χ4n) is 3.97. The van der Waals surface area contributed by atoms with E-state index in [1.54, 1.807) is 92.6 Å². The molecule has 1 heterocycles. The molecule has 1 aromatic rings. The predicted molar refractivity (Wildman–Crippen MR) is 130 cm³/mol. The van der Waals surface area contributed by atoms with Crippen LogP contribution in [0.2, 0.25) is 0 Å². The van der Waals surface area contributed by atoms with Crippen LogP contribution in [0.15, 0.2) is 30.3 Å². The van der Waals surface area contributed by atoms with E-state index in [4.69, 9.17) is 14.2 Å². The molecule has 36 heavy (non-hydrogen) atoms. The number of nitrogens with zero attached hydrogens (tertiary/aromatic N) is 1. The zero-order valence-corrected chi connectivity index (χ0v) is 22.8. The summed E-state index contributed by atoms with van der Waals surface area (Å²) in [6, 6.07) is 6.61. The van der Waals surface area contributed by atoms with Gasteiger partial charge in [-0.15, -0.1) is 0 Å². The first-order valence-corrected chi connectivity index (χ1v) is 11.8. The molecule has 0 bridgehead atoms. The summed E-state index contributed by atoms with van der Waals surface area (Å²) in [4.78, 5) is 68.1. The summed E-state index contributed by atoms with van der Waals surface area (Å²) in [5.41, 5.74) is -5.34. The van der Waals surface area contributed by atoms with Gasteiger partial charge in [-0.05, 0) is 74.8 Å². The average Bonchev–Trinajstić information content (AvgIpc) is 2.65. The van der Waals surface area contributed by atoms with Crippen LogP contribution in [0.25, 0.3) is 0 Å². The van der Waals surface area contributed by atoms with Gasteiger partial charge in [-0.3, -0.25) is 14.5 Å². The van der Waals surface area contributed by atoms with Gasteiger partial charge in [0.05, 0.1) is 0 Å². The van der Waals surface area contributed by atoms with Crippen LogP contribution in [-0.2, 0) is 38.2 Å². The van der Waals surface area contributed by atoms with Crippen LogP contribution in [0.5, 0.6) is 0 Å². The van der Waals surface area contributed by atoms with Gasteiger partial charge in [-0.1, -0.05) is 30.3 Å². The van der Waals surface area contributed by atoms with Gasteiger partial charge in [0.25, 0.3) is 5.54 Å². The van der Waals surface area contributed by atoms with E-state index in [2.05, 4.69) is 0 Å². The Labute approximate surface area is 212 Å². The van der Waals surface area contributed by atoms with Crippen molar-refractivity contribution in [2.45, 2.75) is 97.6 Å². The standard InChI is InChI=1S/C27H37NO8/c1-16(29)18-20(30)28(19(17-14-12-11-13-15-17)21(31)34-24(2,3)4)27(18,22(32)35-25(5,6)7)23(33)36-26(8,9)10/h11-15,18-19H,1-10H3/t18-,19-/m1/s1. The molecule has 9 heteroatoms. The van der Waals surface area contributed by atoms with Gasteiger partial charge < -0.3 is 14.2 Å². The minimum atomic E-state index is -2.53. The summed E-state index contributed by atoms with van der Waals surface area (Å²) in [6.45, 7) is 15.6. The molecule has 0 radical (unpaired) electrons. The normalized spacial score (nSPS) is 18.6. The lowest BCUT2D eigenvalue weighted by molar-refractivity contribution is -0.219. The Hall–Kier alpha value is -3.23. The number of rotatable bonds is 6. The van der Waals surface area contributed by atoms with Crippen molar-refractivity contribution in [3.63, 3.8) is 0 Å². The van der Waals surface area contributed by atoms with Gasteiger partial charge in [0.2, 0.25) is 5.91 Å². The third-order valence-corrected chi connectivity index (χ3v) is 5.11. The quantitative estimate of drug-likeness (QED) is 0.250. The number of ether oxygens (including phenoxy) is 3. The zero-order valence-electron chi connectivity index (χ0n) is 22.8. The summed E-state index contributed by atoms with van der Waals surface area (Å²) in [7, 11) is 0. The molecule has 9 nitrogen and oxygen atoms in total. The molecule has 0 saturated carbocycles. The summed E-state index contributed by atoms with van der Waals surface area (Å²) in [6.07, 6.45) is 0. The molecule has 1 aliphatic rings. The molecule has 1 saturated heterocycles. The van der Waals surface area contributed by atoms with Crippen LogP contribution in [0, 0.1) is 5.92 Å². The molecule has 2 rings (SSSR count). The first-order valence-electron chi connectivity index (χ1n) is 11.8. The van der Waals surface area contributed by atoms with Crippen molar-refractivity contribution >= 4 is 29.6 Å². The first kappa shape index (κ1) is 29.0. The van der Waals surface area contributed by atoms with Gasteiger partial charge in [0, 0.05) is 0 Å². The highest BCUT2D eigenvalue weighted by molar-refractivity contribution is 6.25. The number of Topliss-reactive ketones (excluding diaryl/α,β-unsaturated/α-hetero) is 1. The third-order valence-electron chi connectivity index (χ3n) is 5.11. The number of β-lactam (4-membered cyclic amide) rings is 1. The topological polar surface area (TPSA) is 116 Å². The van der Waals surface area contributed by atoms with Crippen molar-refractivity contribution in [3.8, 4) is 0 Å². The summed E-state index contributed by atoms with van der Waals surface area (Å²) < 4.78 is 16.7. The number of carbonyl (C=O) groups is 5. The van der Waals surface area contributed by atoms with Gasteiger partial charge in [0.15, 0.2) is 6.04 Å². The van der Waals surface area contributed by atoms with Crippen molar-refractivity contribution < 1.29 is 38.2 Å². The maximum Gasteiger partial charge on any atom is 0.345 e. The Bertz CT molecular complexity index is 1010. The molecule has 198 valence electrons. The van der Waals surface area contributed by atoms with Crippen molar-refractivity contribution in [2.24, 2.45) is 5.92 Å². The molecule has 0 spiro atoms. The number of hydrogen-bond acceptors (Lipinski definition) is 8. The number of carbonyl (C=O) groups excluding carboxylic acids is 5. The van der Waals surface area contributed by atoms with Gasteiger partial charge >= 0.3 is 17.9 Å². The molecular formula is C27H37NO8. The SMILES string of the molecule is CC(=O)[C@@H]1C(=O)N([C@@H](C(=O)OC(C)(C)C)c2ccccc2)C1(C(=O)OC(C)(C)C)C(=O)OC(C)(C)C. The second-order valence-electron chi connectivity index (χ2n) is 11.9. The smallest absolute Gasteiger partial charge is 0.345 e. The highest BCUT2D eigenvalue weighted by atomic mass is 16.6. The Balaban J connectivity index is 2.86. The maximum atomic E-state index is 13.8. The van der Waals surface area contributed by atoms with E-state index < -0.39 is 63.9 Å². The Morgan fingerprint density at radius 3 is 1.56 bits per heavy atom. The summed E-state index contributed by atoms with van der Waals surface area (Å²) >= 11 is 0. The van der Waals surface area contributed by atoms with Crippen molar-refractivity contribution in [2.75, 3.05) is 0 Å². The predicted octanol–water partition coefficient (Wildman–Crippen LogP) is 3.54. The van der Waals surface area contributed by atoms with E-state index in [9.17, 15) is 24.0 Å². The number of esters is 3. The first-order chi connectivity index (χ1) is 16.2. The number of amides is 1. The van der Waals surface area contributed by atoms with Gasteiger partial charge in [0.1, 0.15) is 28.5 Å². The Morgan fingerprint density at radius 1 is 0.778 bits per heavy atom. The molecule has 2 atom stereocenters. The van der Waals surface area contributed by atoms with Crippen LogP contribution in [0.1, 0.15) is 80.8 Å². The Kier molecular flexibility index (Phi) is 7.79. The van der Waals surface area contributed by atoms with Crippen molar-refractivity contribution in [3.05, 3.63) is 35.9 Å².